The number of methoxy groups -OCH3 is 1. The number of aryl methyl sites for hydroxylation is 2. The molecule has 0 bridgehead atoms. The first-order valence-electron chi connectivity index (χ1n) is 10.1. The Morgan fingerprint density at radius 2 is 2.00 bits per heavy atom. The molecule has 0 amide bonds. The van der Waals surface area contributed by atoms with Gasteiger partial charge in [0.15, 0.2) is 5.96 Å². The summed E-state index contributed by atoms with van der Waals surface area (Å²) in [6, 6.07) is 8.11. The van der Waals surface area contributed by atoms with Crippen molar-refractivity contribution in [1.29, 1.82) is 0 Å². The van der Waals surface area contributed by atoms with Crippen LogP contribution in [0.3, 0.4) is 0 Å². The molecule has 2 aromatic heterocycles. The zero-order valence-corrected chi connectivity index (χ0v) is 18.0. The van der Waals surface area contributed by atoms with Crippen LogP contribution in [0.1, 0.15) is 35.2 Å². The number of para-hydroxylation sites is 1. The minimum absolute atomic E-state index is 0.569. The Kier molecular flexibility index (Phi) is 6.93. The highest BCUT2D eigenvalue weighted by Gasteiger charge is 2.13. The van der Waals surface area contributed by atoms with E-state index in [1.807, 2.05) is 29.8 Å². The molecule has 0 aliphatic carbocycles. The summed E-state index contributed by atoms with van der Waals surface area (Å²) in [7, 11) is 1.70. The molecular formula is C22H31N5O2. The largest absolute Gasteiger partial charge is 0.459 e. The van der Waals surface area contributed by atoms with Crippen molar-refractivity contribution < 1.29 is 9.15 Å². The molecule has 29 heavy (non-hydrogen) atoms. The molecule has 0 saturated carbocycles. The van der Waals surface area contributed by atoms with Crippen LogP contribution in [0.2, 0.25) is 0 Å². The lowest BCUT2D eigenvalue weighted by atomic mass is 10.1. The second-order valence-electron chi connectivity index (χ2n) is 7.06. The monoisotopic (exact) mass is 397 g/mol. The van der Waals surface area contributed by atoms with E-state index in [1.54, 1.807) is 7.11 Å². The van der Waals surface area contributed by atoms with Gasteiger partial charge < -0.3 is 19.8 Å². The van der Waals surface area contributed by atoms with Crippen molar-refractivity contribution >= 4 is 16.9 Å². The summed E-state index contributed by atoms with van der Waals surface area (Å²) in [5, 5.41) is 12.5. The third-order valence-electron chi connectivity index (χ3n) is 5.14. The van der Waals surface area contributed by atoms with E-state index in [-0.39, 0.29) is 0 Å². The van der Waals surface area contributed by atoms with Crippen LogP contribution in [-0.2, 0) is 24.4 Å². The molecule has 7 nitrogen and oxygen atoms in total. The van der Waals surface area contributed by atoms with Gasteiger partial charge in [-0.2, -0.15) is 5.10 Å². The van der Waals surface area contributed by atoms with Gasteiger partial charge in [0.1, 0.15) is 11.3 Å². The number of nitrogens with zero attached hydrogens (tertiary/aromatic N) is 3. The van der Waals surface area contributed by atoms with Crippen LogP contribution in [0.4, 0.5) is 0 Å². The van der Waals surface area contributed by atoms with E-state index in [0.717, 1.165) is 58.3 Å². The van der Waals surface area contributed by atoms with Gasteiger partial charge in [-0.05, 0) is 33.8 Å². The fourth-order valence-corrected chi connectivity index (χ4v) is 3.42. The van der Waals surface area contributed by atoms with Crippen molar-refractivity contribution in [2.24, 2.45) is 4.99 Å². The van der Waals surface area contributed by atoms with Crippen LogP contribution < -0.4 is 10.6 Å². The maximum Gasteiger partial charge on any atom is 0.191 e. The summed E-state index contributed by atoms with van der Waals surface area (Å²) in [4.78, 5) is 4.77. The highest BCUT2D eigenvalue weighted by atomic mass is 16.5. The van der Waals surface area contributed by atoms with Gasteiger partial charge in [-0.15, -0.1) is 0 Å². The molecule has 0 radical (unpaired) electrons. The van der Waals surface area contributed by atoms with Gasteiger partial charge in [-0.25, -0.2) is 4.99 Å². The summed E-state index contributed by atoms with van der Waals surface area (Å²) in [6.07, 6.45) is 0. The van der Waals surface area contributed by atoms with E-state index in [4.69, 9.17) is 14.1 Å². The molecule has 3 aromatic rings. The Hall–Kier alpha value is -2.80. The van der Waals surface area contributed by atoms with Crippen molar-refractivity contribution in [3.05, 3.63) is 52.5 Å². The lowest BCUT2D eigenvalue weighted by Gasteiger charge is -2.11. The Balaban J connectivity index is 1.71. The molecule has 0 fully saturated rings. The molecule has 1 aromatic carbocycles. The van der Waals surface area contributed by atoms with Gasteiger partial charge in [0, 0.05) is 35.9 Å². The van der Waals surface area contributed by atoms with Gasteiger partial charge in [-0.3, -0.25) is 4.68 Å². The first kappa shape index (κ1) is 20.9. The van der Waals surface area contributed by atoms with E-state index in [1.165, 1.54) is 0 Å². The lowest BCUT2D eigenvalue weighted by Crippen LogP contribution is -2.36. The van der Waals surface area contributed by atoms with Crippen LogP contribution in [-0.4, -0.2) is 36.0 Å². The lowest BCUT2D eigenvalue weighted by molar-refractivity contribution is 0.182. The number of ether oxygens (including phenoxy) is 1. The van der Waals surface area contributed by atoms with Crippen LogP contribution in [0.25, 0.3) is 11.0 Å². The minimum Gasteiger partial charge on any atom is -0.459 e. The molecule has 2 N–H and O–H groups in total. The van der Waals surface area contributed by atoms with Gasteiger partial charge in [0.2, 0.25) is 0 Å². The molecule has 0 aliphatic rings. The van der Waals surface area contributed by atoms with E-state index in [0.29, 0.717) is 19.7 Å². The van der Waals surface area contributed by atoms with E-state index < -0.39 is 0 Å². The molecule has 0 aliphatic heterocycles. The number of benzene rings is 1. The summed E-state index contributed by atoms with van der Waals surface area (Å²) in [5.41, 5.74) is 5.37. The van der Waals surface area contributed by atoms with Crippen molar-refractivity contribution in [2.45, 2.75) is 47.3 Å². The summed E-state index contributed by atoms with van der Waals surface area (Å²) in [6.45, 7) is 11.6. The minimum atomic E-state index is 0.569. The molecule has 0 saturated heterocycles. The zero-order chi connectivity index (χ0) is 20.8. The van der Waals surface area contributed by atoms with Crippen molar-refractivity contribution in [3.8, 4) is 0 Å². The number of hydrogen-bond acceptors (Lipinski definition) is 4. The van der Waals surface area contributed by atoms with Gasteiger partial charge in [0.25, 0.3) is 0 Å². The highest BCUT2D eigenvalue weighted by Crippen LogP contribution is 2.24. The molecule has 156 valence electrons. The van der Waals surface area contributed by atoms with E-state index in [2.05, 4.69) is 42.6 Å². The summed E-state index contributed by atoms with van der Waals surface area (Å²) < 4.78 is 13.2. The molecule has 3 rings (SSSR count). The third kappa shape index (κ3) is 4.79. The second-order valence-corrected chi connectivity index (χ2v) is 7.06. The molecule has 7 heteroatoms. The van der Waals surface area contributed by atoms with Crippen molar-refractivity contribution in [1.82, 2.24) is 20.4 Å². The predicted molar refractivity (Wildman–Crippen MR) is 116 cm³/mol. The Morgan fingerprint density at radius 3 is 2.72 bits per heavy atom. The molecule has 2 heterocycles. The number of fused-ring (bicyclic) bond motifs is 1. The van der Waals surface area contributed by atoms with Crippen LogP contribution in [0.15, 0.2) is 33.7 Å². The Bertz CT molecular complexity index is 987. The topological polar surface area (TPSA) is 76.6 Å². The molecule has 0 atom stereocenters. The number of aromatic nitrogens is 2. The maximum absolute atomic E-state index is 6.00. The Morgan fingerprint density at radius 1 is 1.21 bits per heavy atom. The quantitative estimate of drug-likeness (QED) is 0.450. The molecular weight excluding hydrogens is 366 g/mol. The van der Waals surface area contributed by atoms with Crippen LogP contribution in [0, 0.1) is 20.8 Å². The van der Waals surface area contributed by atoms with Crippen LogP contribution in [0.5, 0.6) is 0 Å². The number of nitrogens with one attached hydrogen (secondary N) is 2. The molecule has 0 unspecified atom stereocenters. The summed E-state index contributed by atoms with van der Waals surface area (Å²) in [5.74, 6) is 1.69. The van der Waals surface area contributed by atoms with E-state index in [9.17, 15) is 0 Å². The smallest absolute Gasteiger partial charge is 0.191 e. The normalized spacial score (nSPS) is 12.0. The van der Waals surface area contributed by atoms with Gasteiger partial charge >= 0.3 is 0 Å². The average molecular weight is 398 g/mol. The first-order valence-corrected chi connectivity index (χ1v) is 10.1. The van der Waals surface area contributed by atoms with Crippen molar-refractivity contribution in [2.75, 3.05) is 20.3 Å². The maximum atomic E-state index is 6.00. The number of guanidine groups is 1. The number of furan rings is 1. The number of hydrogen-bond donors (Lipinski definition) is 2. The average Bonchev–Trinajstić information content (AvgIpc) is 3.18. The standard InChI is InChI=1S/C22H31N5O2/c1-6-23-22(24-13-19-16(3)26-27(17(19)4)11-12-28-5)25-14-21-15(2)18-9-7-8-10-20(18)29-21/h7-10H,6,11-14H2,1-5H3,(H2,23,24,25). The van der Waals surface area contributed by atoms with E-state index >= 15 is 0 Å². The third-order valence-corrected chi connectivity index (χ3v) is 5.14. The highest BCUT2D eigenvalue weighted by molar-refractivity contribution is 5.83. The fraction of sp³-hybridized carbons (Fsp3) is 0.455. The first-order chi connectivity index (χ1) is 14.0. The number of rotatable bonds is 8. The summed E-state index contributed by atoms with van der Waals surface area (Å²) >= 11 is 0. The fourth-order valence-electron chi connectivity index (χ4n) is 3.42. The Labute approximate surface area is 172 Å². The molecule has 0 spiro atoms. The predicted octanol–water partition coefficient (Wildman–Crippen LogP) is 3.46. The van der Waals surface area contributed by atoms with Crippen molar-refractivity contribution in [3.63, 3.8) is 0 Å². The SMILES string of the molecule is CCNC(=NCc1c(C)nn(CCOC)c1C)NCc1oc2ccccc2c1C. The van der Waals surface area contributed by atoms with Gasteiger partial charge in [-0.1, -0.05) is 18.2 Å². The second kappa shape index (κ2) is 9.60. The van der Waals surface area contributed by atoms with Gasteiger partial charge in [0.05, 0.1) is 31.9 Å². The number of aliphatic imine (C=N–C) groups is 1. The van der Waals surface area contributed by atoms with Crippen LogP contribution >= 0.6 is 0 Å². The zero-order valence-electron chi connectivity index (χ0n) is 18.0.